The molecule has 0 aliphatic carbocycles. The van der Waals surface area contributed by atoms with E-state index in [-0.39, 0.29) is 17.1 Å². The number of amidine groups is 1. The summed E-state index contributed by atoms with van der Waals surface area (Å²) in [6, 6.07) is -0.0972. The molecule has 2 atom stereocenters. The molecule has 2 unspecified atom stereocenters. The summed E-state index contributed by atoms with van der Waals surface area (Å²) in [7, 11) is 0. The minimum absolute atomic E-state index is 0.0972. The lowest BCUT2D eigenvalue weighted by Crippen LogP contribution is -2.26. The van der Waals surface area contributed by atoms with Crippen LogP contribution in [0.3, 0.4) is 0 Å². The molecule has 0 aromatic heterocycles. The van der Waals surface area contributed by atoms with Crippen LogP contribution in [0.1, 0.15) is 13.8 Å². The van der Waals surface area contributed by atoms with Crippen molar-refractivity contribution in [3.63, 3.8) is 0 Å². The zero-order chi connectivity index (χ0) is 15.0. The van der Waals surface area contributed by atoms with Crippen LogP contribution in [0.5, 0.6) is 0 Å². The van der Waals surface area contributed by atoms with Crippen molar-refractivity contribution in [2.75, 3.05) is 11.1 Å². The van der Waals surface area contributed by atoms with Crippen molar-refractivity contribution in [3.8, 4) is 0 Å². The predicted octanol–water partition coefficient (Wildman–Crippen LogP) is 3.92. The van der Waals surface area contributed by atoms with Gasteiger partial charge in [0, 0.05) is 5.75 Å². The first-order valence-electron chi connectivity index (χ1n) is 5.82. The lowest BCUT2D eigenvalue weighted by molar-refractivity contribution is 0.382. The molecule has 2 nitrogen and oxygen atoms in total. The minimum Gasteiger partial charge on any atom is -0.330 e. The van der Waals surface area contributed by atoms with E-state index in [9.17, 15) is 22.0 Å². The van der Waals surface area contributed by atoms with Gasteiger partial charge in [-0.1, -0.05) is 18.7 Å². The molecule has 0 spiro atoms. The van der Waals surface area contributed by atoms with Gasteiger partial charge in [0.15, 0.2) is 28.4 Å². The van der Waals surface area contributed by atoms with E-state index in [0.29, 0.717) is 5.75 Å². The number of nitrogens with one attached hydrogen (secondary N) is 1. The van der Waals surface area contributed by atoms with Gasteiger partial charge in [-0.3, -0.25) is 4.99 Å². The molecule has 20 heavy (non-hydrogen) atoms. The molecular weight excluding hydrogens is 299 g/mol. The molecule has 1 N–H and O–H groups in total. The molecule has 1 heterocycles. The van der Waals surface area contributed by atoms with Crippen molar-refractivity contribution >= 4 is 22.6 Å². The fourth-order valence-corrected chi connectivity index (χ4v) is 2.70. The van der Waals surface area contributed by atoms with Crippen molar-refractivity contribution in [2.45, 2.75) is 19.9 Å². The SMILES string of the molecule is CC1CSC(Nc2c(F)c(F)c(F)c(F)c2F)=NC1C. The number of rotatable bonds is 1. The largest absolute Gasteiger partial charge is 0.330 e. The second-order valence-corrected chi connectivity index (χ2v) is 5.54. The molecule has 110 valence electrons. The highest BCUT2D eigenvalue weighted by Crippen LogP contribution is 2.30. The normalized spacial score (nSPS) is 22.6. The van der Waals surface area contributed by atoms with E-state index in [0.717, 1.165) is 0 Å². The molecule has 0 saturated heterocycles. The summed E-state index contributed by atoms with van der Waals surface area (Å²) in [4.78, 5) is 4.12. The summed E-state index contributed by atoms with van der Waals surface area (Å²) in [6.45, 7) is 3.76. The first-order chi connectivity index (χ1) is 9.32. The first kappa shape index (κ1) is 15.1. The number of nitrogens with zero attached hydrogens (tertiary/aromatic N) is 1. The minimum atomic E-state index is -2.18. The Morgan fingerprint density at radius 2 is 1.45 bits per heavy atom. The van der Waals surface area contributed by atoms with Gasteiger partial charge < -0.3 is 5.32 Å². The summed E-state index contributed by atoms with van der Waals surface area (Å²) in [5.74, 6) is -9.01. The first-order valence-corrected chi connectivity index (χ1v) is 6.80. The van der Waals surface area contributed by atoms with Crippen molar-refractivity contribution in [3.05, 3.63) is 29.1 Å². The van der Waals surface area contributed by atoms with Crippen LogP contribution in [0.2, 0.25) is 0 Å². The number of benzene rings is 1. The summed E-state index contributed by atoms with van der Waals surface area (Å²) in [5, 5.41) is 2.33. The summed E-state index contributed by atoms with van der Waals surface area (Å²) in [6.07, 6.45) is 0. The molecule has 2 rings (SSSR count). The van der Waals surface area contributed by atoms with Crippen LogP contribution in [0.15, 0.2) is 4.99 Å². The van der Waals surface area contributed by atoms with E-state index >= 15 is 0 Å². The molecule has 0 radical (unpaired) electrons. The molecule has 1 aliphatic rings. The van der Waals surface area contributed by atoms with Gasteiger partial charge in [0.2, 0.25) is 5.82 Å². The van der Waals surface area contributed by atoms with Crippen LogP contribution in [0.25, 0.3) is 0 Å². The van der Waals surface area contributed by atoms with Crippen LogP contribution >= 0.6 is 11.8 Å². The number of hydrogen-bond acceptors (Lipinski definition) is 3. The fourth-order valence-electron chi connectivity index (χ4n) is 1.59. The zero-order valence-electron chi connectivity index (χ0n) is 10.6. The Balaban J connectivity index is 2.38. The third kappa shape index (κ3) is 2.61. The molecule has 0 saturated carbocycles. The highest BCUT2D eigenvalue weighted by molar-refractivity contribution is 8.14. The van der Waals surface area contributed by atoms with Crippen LogP contribution in [-0.4, -0.2) is 17.0 Å². The van der Waals surface area contributed by atoms with Crippen molar-refractivity contribution in [2.24, 2.45) is 10.9 Å². The van der Waals surface area contributed by atoms with E-state index in [4.69, 9.17) is 0 Å². The average molecular weight is 310 g/mol. The Labute approximate surface area is 116 Å². The number of thioether (sulfide) groups is 1. The molecule has 1 aromatic carbocycles. The van der Waals surface area contributed by atoms with Gasteiger partial charge in [-0.05, 0) is 12.8 Å². The molecule has 0 amide bonds. The summed E-state index contributed by atoms with van der Waals surface area (Å²) in [5.41, 5.74) is -1.07. The maximum atomic E-state index is 13.5. The molecular formula is C12H11F5N2S. The Morgan fingerprint density at radius 1 is 0.950 bits per heavy atom. The third-order valence-electron chi connectivity index (χ3n) is 3.07. The van der Waals surface area contributed by atoms with Gasteiger partial charge in [0.25, 0.3) is 0 Å². The number of aliphatic imine (C=N–C) groups is 1. The fraction of sp³-hybridized carbons (Fsp3) is 0.417. The van der Waals surface area contributed by atoms with Crippen LogP contribution in [-0.2, 0) is 0 Å². The highest BCUT2D eigenvalue weighted by Gasteiger charge is 2.27. The van der Waals surface area contributed by atoms with Crippen molar-refractivity contribution in [1.29, 1.82) is 0 Å². The second kappa shape index (κ2) is 5.59. The van der Waals surface area contributed by atoms with Crippen molar-refractivity contribution < 1.29 is 22.0 Å². The van der Waals surface area contributed by atoms with Crippen LogP contribution in [0.4, 0.5) is 27.6 Å². The van der Waals surface area contributed by atoms with Gasteiger partial charge in [0.1, 0.15) is 5.69 Å². The van der Waals surface area contributed by atoms with E-state index < -0.39 is 34.8 Å². The summed E-state index contributed by atoms with van der Waals surface area (Å²) >= 11 is 1.17. The Hall–Kier alpha value is -1.31. The molecule has 0 fully saturated rings. The number of anilines is 1. The van der Waals surface area contributed by atoms with Crippen LogP contribution < -0.4 is 5.32 Å². The molecule has 8 heteroatoms. The number of halogens is 5. The van der Waals surface area contributed by atoms with Crippen molar-refractivity contribution in [1.82, 2.24) is 0 Å². The molecule has 0 bridgehead atoms. The third-order valence-corrected chi connectivity index (χ3v) is 4.24. The number of hydrogen-bond donors (Lipinski definition) is 1. The van der Waals surface area contributed by atoms with E-state index in [1.165, 1.54) is 11.8 Å². The predicted molar refractivity (Wildman–Crippen MR) is 68.4 cm³/mol. The topological polar surface area (TPSA) is 24.4 Å². The standard InChI is InChI=1S/C12H11F5N2S/c1-4-3-20-12(18-5(4)2)19-11-9(16)7(14)6(13)8(15)10(11)17/h4-5H,3H2,1-2H3,(H,18,19). The maximum absolute atomic E-state index is 13.5. The molecule has 1 aliphatic heterocycles. The average Bonchev–Trinajstić information content (AvgIpc) is 2.43. The Kier molecular flexibility index (Phi) is 4.22. The Bertz CT molecular complexity index is 546. The van der Waals surface area contributed by atoms with Crippen LogP contribution in [0, 0.1) is 35.0 Å². The quantitative estimate of drug-likeness (QED) is 0.483. The van der Waals surface area contributed by atoms with E-state index in [2.05, 4.69) is 10.3 Å². The second-order valence-electron chi connectivity index (χ2n) is 4.53. The van der Waals surface area contributed by atoms with Gasteiger partial charge in [0.05, 0.1) is 6.04 Å². The lowest BCUT2D eigenvalue weighted by Gasteiger charge is -2.24. The van der Waals surface area contributed by atoms with E-state index in [1.807, 2.05) is 13.8 Å². The van der Waals surface area contributed by atoms with Gasteiger partial charge in [-0.25, -0.2) is 22.0 Å². The summed E-state index contributed by atoms with van der Waals surface area (Å²) < 4.78 is 66.0. The monoisotopic (exact) mass is 310 g/mol. The van der Waals surface area contributed by atoms with Gasteiger partial charge >= 0.3 is 0 Å². The molecule has 1 aromatic rings. The smallest absolute Gasteiger partial charge is 0.200 e. The maximum Gasteiger partial charge on any atom is 0.200 e. The van der Waals surface area contributed by atoms with E-state index in [1.54, 1.807) is 0 Å². The van der Waals surface area contributed by atoms with Gasteiger partial charge in [-0.2, -0.15) is 0 Å². The zero-order valence-corrected chi connectivity index (χ0v) is 11.4. The highest BCUT2D eigenvalue weighted by atomic mass is 32.2. The van der Waals surface area contributed by atoms with Gasteiger partial charge in [-0.15, -0.1) is 0 Å². The Morgan fingerprint density at radius 3 is 1.95 bits per heavy atom. The lowest BCUT2D eigenvalue weighted by atomic mass is 10.1.